The normalized spacial score (nSPS) is 14.5. The molecular weight excluding hydrogens is 147 g/mol. The molecule has 3 heteroatoms. The van der Waals surface area contributed by atoms with Crippen molar-refractivity contribution in [3.8, 4) is 0 Å². The molecule has 0 saturated carbocycles. The molecule has 0 aromatic heterocycles. The van der Waals surface area contributed by atoms with Crippen molar-refractivity contribution in [2.45, 2.75) is 32.3 Å². The lowest BCUT2D eigenvalue weighted by Gasteiger charge is -1.96. The van der Waals surface area contributed by atoms with E-state index in [0.29, 0.717) is 0 Å². The average Bonchev–Trinajstić information content (AvgIpc) is 1.82. The molecule has 0 aliphatic rings. The molecule has 58 valence electrons. The minimum atomic E-state index is -1.98. The van der Waals surface area contributed by atoms with Crippen molar-refractivity contribution in [2.24, 2.45) is 0 Å². The monoisotopic (exact) mass is 161 g/mol. The van der Waals surface area contributed by atoms with Gasteiger partial charge in [0, 0.05) is 6.42 Å². The van der Waals surface area contributed by atoms with Gasteiger partial charge in [0.1, 0.15) is 0 Å². The Kier molecular flexibility index (Phi) is 4.50. The van der Waals surface area contributed by atoms with Gasteiger partial charge in [-0.25, -0.2) is 0 Å². The van der Waals surface area contributed by atoms with Gasteiger partial charge in [-0.15, -0.1) is 6.58 Å². The quantitative estimate of drug-likeness (QED) is 0.508. The Morgan fingerprint density at radius 3 is 2.60 bits per heavy atom. The SMILES string of the molecule is C=C(C)CCC(C)[P+](=O)O. The van der Waals surface area contributed by atoms with Crippen LogP contribution in [-0.2, 0) is 4.57 Å². The maximum atomic E-state index is 10.4. The minimum Gasteiger partial charge on any atom is -0.161 e. The summed E-state index contributed by atoms with van der Waals surface area (Å²) in [6, 6.07) is 0. The fraction of sp³-hybridized carbons (Fsp3) is 0.714. The van der Waals surface area contributed by atoms with Crippen LogP contribution in [0.5, 0.6) is 0 Å². The van der Waals surface area contributed by atoms with Crippen LogP contribution in [0.2, 0.25) is 0 Å². The molecular formula is C7H14O2P+. The predicted octanol–water partition coefficient (Wildman–Crippen LogP) is 2.47. The minimum absolute atomic E-state index is 0.0910. The molecule has 0 amide bonds. The van der Waals surface area contributed by atoms with Crippen molar-refractivity contribution in [1.29, 1.82) is 0 Å². The number of hydrogen-bond donors (Lipinski definition) is 1. The lowest BCUT2D eigenvalue weighted by atomic mass is 10.1. The van der Waals surface area contributed by atoms with E-state index in [9.17, 15) is 4.57 Å². The molecule has 1 N–H and O–H groups in total. The number of allylic oxidation sites excluding steroid dienone is 1. The largest absolute Gasteiger partial charge is 0.508 e. The third-order valence-electron chi connectivity index (χ3n) is 1.37. The fourth-order valence-electron chi connectivity index (χ4n) is 0.566. The van der Waals surface area contributed by atoms with Gasteiger partial charge in [-0.3, -0.25) is 0 Å². The van der Waals surface area contributed by atoms with Gasteiger partial charge in [0.05, 0.1) is 0 Å². The molecule has 0 spiro atoms. The predicted molar refractivity (Wildman–Crippen MR) is 43.3 cm³/mol. The van der Waals surface area contributed by atoms with Crippen LogP contribution in [0.3, 0.4) is 0 Å². The Morgan fingerprint density at radius 2 is 2.30 bits per heavy atom. The van der Waals surface area contributed by atoms with Crippen molar-refractivity contribution in [1.82, 2.24) is 0 Å². The highest BCUT2D eigenvalue weighted by Gasteiger charge is 2.21. The van der Waals surface area contributed by atoms with Gasteiger partial charge in [-0.1, -0.05) is 5.57 Å². The molecule has 0 aliphatic carbocycles. The van der Waals surface area contributed by atoms with Crippen molar-refractivity contribution >= 4 is 8.03 Å². The van der Waals surface area contributed by atoms with Crippen molar-refractivity contribution in [3.05, 3.63) is 12.2 Å². The van der Waals surface area contributed by atoms with E-state index in [4.69, 9.17) is 4.89 Å². The summed E-state index contributed by atoms with van der Waals surface area (Å²) in [4.78, 5) is 8.61. The van der Waals surface area contributed by atoms with E-state index in [-0.39, 0.29) is 5.66 Å². The molecule has 0 fully saturated rings. The maximum absolute atomic E-state index is 10.4. The summed E-state index contributed by atoms with van der Waals surface area (Å²) < 4.78 is 10.4. The topological polar surface area (TPSA) is 37.3 Å². The van der Waals surface area contributed by atoms with Crippen molar-refractivity contribution < 1.29 is 9.46 Å². The van der Waals surface area contributed by atoms with E-state index in [2.05, 4.69) is 6.58 Å². The molecule has 0 saturated heterocycles. The molecule has 2 nitrogen and oxygen atoms in total. The van der Waals surface area contributed by atoms with Gasteiger partial charge >= 0.3 is 8.03 Å². The summed E-state index contributed by atoms with van der Waals surface area (Å²) in [5.74, 6) is 0. The highest BCUT2D eigenvalue weighted by molar-refractivity contribution is 7.38. The zero-order chi connectivity index (χ0) is 8.15. The highest BCUT2D eigenvalue weighted by Crippen LogP contribution is 2.26. The first kappa shape index (κ1) is 9.80. The highest BCUT2D eigenvalue weighted by atomic mass is 31.1. The van der Waals surface area contributed by atoms with Gasteiger partial charge in [0.15, 0.2) is 5.66 Å². The first-order valence-electron chi connectivity index (χ1n) is 3.33. The zero-order valence-corrected chi connectivity index (χ0v) is 7.40. The van der Waals surface area contributed by atoms with Crippen LogP contribution < -0.4 is 0 Å². The first-order valence-corrected chi connectivity index (χ1v) is 4.62. The van der Waals surface area contributed by atoms with Crippen LogP contribution in [0.1, 0.15) is 26.7 Å². The van der Waals surface area contributed by atoms with E-state index in [1.165, 1.54) is 0 Å². The fourth-order valence-corrected chi connectivity index (χ4v) is 0.916. The molecule has 2 atom stereocenters. The third kappa shape index (κ3) is 4.66. The Bertz CT molecular complexity index is 143. The molecule has 0 aromatic rings. The van der Waals surface area contributed by atoms with Crippen molar-refractivity contribution in [2.75, 3.05) is 0 Å². The third-order valence-corrected chi connectivity index (χ3v) is 2.38. The van der Waals surface area contributed by atoms with Gasteiger partial charge in [0.25, 0.3) is 0 Å². The molecule has 0 aliphatic heterocycles. The van der Waals surface area contributed by atoms with Gasteiger partial charge in [-0.05, 0) is 24.8 Å². The molecule has 0 heterocycles. The Balaban J connectivity index is 3.49. The van der Waals surface area contributed by atoms with E-state index in [1.807, 2.05) is 6.92 Å². The van der Waals surface area contributed by atoms with Gasteiger partial charge < -0.3 is 0 Å². The van der Waals surface area contributed by atoms with E-state index < -0.39 is 8.03 Å². The van der Waals surface area contributed by atoms with Crippen LogP contribution >= 0.6 is 8.03 Å². The molecule has 0 rings (SSSR count). The number of hydrogen-bond acceptors (Lipinski definition) is 1. The van der Waals surface area contributed by atoms with Crippen LogP contribution in [0.4, 0.5) is 0 Å². The smallest absolute Gasteiger partial charge is 0.161 e. The van der Waals surface area contributed by atoms with Gasteiger partial charge in [0.2, 0.25) is 0 Å². The van der Waals surface area contributed by atoms with Crippen LogP contribution in [0.15, 0.2) is 12.2 Å². The second kappa shape index (κ2) is 4.59. The number of rotatable bonds is 4. The average molecular weight is 161 g/mol. The van der Waals surface area contributed by atoms with Crippen LogP contribution in [0, 0.1) is 0 Å². The van der Waals surface area contributed by atoms with E-state index in [1.54, 1.807) is 6.92 Å². The van der Waals surface area contributed by atoms with Crippen LogP contribution in [0.25, 0.3) is 0 Å². The molecule has 10 heavy (non-hydrogen) atoms. The summed E-state index contributed by atoms with van der Waals surface area (Å²) in [5.41, 5.74) is 0.982. The summed E-state index contributed by atoms with van der Waals surface area (Å²) >= 11 is 0. The maximum Gasteiger partial charge on any atom is 0.508 e. The molecule has 2 unspecified atom stereocenters. The van der Waals surface area contributed by atoms with Crippen LogP contribution in [-0.4, -0.2) is 10.6 Å². The Labute approximate surface area is 62.8 Å². The lowest BCUT2D eigenvalue weighted by molar-refractivity contribution is 0.487. The summed E-state index contributed by atoms with van der Waals surface area (Å²) in [7, 11) is -1.98. The summed E-state index contributed by atoms with van der Waals surface area (Å²) in [5, 5.41) is 0. The summed E-state index contributed by atoms with van der Waals surface area (Å²) in [6.45, 7) is 7.42. The Morgan fingerprint density at radius 1 is 1.80 bits per heavy atom. The second-order valence-corrected chi connectivity index (χ2v) is 4.13. The van der Waals surface area contributed by atoms with Gasteiger partial charge in [-0.2, -0.15) is 4.89 Å². The zero-order valence-electron chi connectivity index (χ0n) is 6.50. The van der Waals surface area contributed by atoms with E-state index >= 15 is 0 Å². The molecule has 0 bridgehead atoms. The Hall–Kier alpha value is -0.200. The molecule has 0 radical (unpaired) electrons. The second-order valence-electron chi connectivity index (χ2n) is 2.65. The first-order chi connectivity index (χ1) is 4.54. The lowest BCUT2D eigenvalue weighted by Crippen LogP contribution is -1.94. The summed E-state index contributed by atoms with van der Waals surface area (Å²) in [6.07, 6.45) is 1.61. The standard InChI is InChI=1S/C7H13O2P/c1-6(2)4-5-7(3)10(8)9/h7H,1,4-5H2,2-3H3/p+1. The van der Waals surface area contributed by atoms with Crippen molar-refractivity contribution in [3.63, 3.8) is 0 Å². The molecule has 0 aromatic carbocycles. The van der Waals surface area contributed by atoms with E-state index in [0.717, 1.165) is 18.4 Å².